The molecule has 2 aromatic rings. The summed E-state index contributed by atoms with van der Waals surface area (Å²) < 4.78 is 13.6. The van der Waals surface area contributed by atoms with Crippen LogP contribution in [0.2, 0.25) is 0 Å². The van der Waals surface area contributed by atoms with Crippen molar-refractivity contribution in [3.8, 4) is 10.4 Å². The van der Waals surface area contributed by atoms with Crippen molar-refractivity contribution in [3.05, 3.63) is 47.1 Å². The molecule has 2 rings (SSSR count). The van der Waals surface area contributed by atoms with E-state index >= 15 is 0 Å². The lowest BCUT2D eigenvalue weighted by Gasteiger charge is -2.02. The third-order valence-electron chi connectivity index (χ3n) is 2.06. The van der Waals surface area contributed by atoms with Crippen molar-refractivity contribution in [3.63, 3.8) is 0 Å². The van der Waals surface area contributed by atoms with E-state index in [9.17, 15) is 4.39 Å². The van der Waals surface area contributed by atoms with E-state index < -0.39 is 0 Å². The Morgan fingerprint density at radius 1 is 1.29 bits per heavy atom. The molecule has 1 nitrogen and oxygen atoms in total. The van der Waals surface area contributed by atoms with Gasteiger partial charge in [0.05, 0.1) is 0 Å². The van der Waals surface area contributed by atoms with Crippen LogP contribution in [0.1, 0.15) is 5.56 Å². The average molecular weight is 207 g/mol. The summed E-state index contributed by atoms with van der Waals surface area (Å²) in [7, 11) is 0. The highest BCUT2D eigenvalue weighted by atomic mass is 32.1. The predicted molar refractivity (Wildman–Crippen MR) is 57.6 cm³/mol. The van der Waals surface area contributed by atoms with E-state index in [1.807, 2.05) is 23.6 Å². The zero-order valence-electron chi connectivity index (χ0n) is 7.53. The van der Waals surface area contributed by atoms with E-state index in [1.165, 1.54) is 17.4 Å². The summed E-state index contributed by atoms with van der Waals surface area (Å²) in [5.41, 5.74) is 6.90. The first-order chi connectivity index (χ1) is 6.81. The lowest BCUT2D eigenvalue weighted by molar-refractivity contribution is 0.629. The number of halogens is 1. The van der Waals surface area contributed by atoms with E-state index in [0.29, 0.717) is 12.1 Å². The maximum atomic E-state index is 13.6. The molecule has 0 fully saturated rings. The van der Waals surface area contributed by atoms with Crippen molar-refractivity contribution in [2.24, 2.45) is 5.73 Å². The van der Waals surface area contributed by atoms with Crippen LogP contribution in [0.15, 0.2) is 35.7 Å². The molecule has 0 spiro atoms. The number of nitrogens with two attached hydrogens (primary N) is 1. The Balaban J connectivity index is 2.46. The molecular weight excluding hydrogens is 197 g/mol. The molecule has 2 N–H and O–H groups in total. The first-order valence-corrected chi connectivity index (χ1v) is 5.21. The van der Waals surface area contributed by atoms with Gasteiger partial charge in [0.25, 0.3) is 0 Å². The number of thiophene rings is 1. The smallest absolute Gasteiger partial charge is 0.132 e. The minimum absolute atomic E-state index is 0.199. The van der Waals surface area contributed by atoms with E-state index in [1.54, 1.807) is 6.07 Å². The number of hydrogen-bond acceptors (Lipinski definition) is 2. The third kappa shape index (κ3) is 1.69. The SMILES string of the molecule is NCc1ccc(-c2cccs2)c(F)c1. The quantitative estimate of drug-likeness (QED) is 0.804. The molecule has 0 saturated heterocycles. The molecule has 0 aliphatic carbocycles. The highest BCUT2D eigenvalue weighted by molar-refractivity contribution is 7.13. The fourth-order valence-electron chi connectivity index (χ4n) is 1.32. The lowest BCUT2D eigenvalue weighted by Crippen LogP contribution is -1.96. The maximum Gasteiger partial charge on any atom is 0.132 e. The molecule has 3 heteroatoms. The second kappa shape index (κ2) is 3.90. The van der Waals surface area contributed by atoms with Crippen LogP contribution in [0.5, 0.6) is 0 Å². The van der Waals surface area contributed by atoms with Crippen LogP contribution in [-0.4, -0.2) is 0 Å². The van der Waals surface area contributed by atoms with Gasteiger partial charge in [-0.2, -0.15) is 0 Å². The standard InChI is InChI=1S/C11H10FNS/c12-10-6-8(7-13)3-4-9(10)11-2-1-5-14-11/h1-6H,7,13H2. The Labute approximate surface area is 86.0 Å². The second-order valence-corrected chi connectivity index (χ2v) is 3.94. The summed E-state index contributed by atoms with van der Waals surface area (Å²) in [5, 5.41) is 1.94. The molecule has 0 saturated carbocycles. The van der Waals surface area contributed by atoms with Gasteiger partial charge >= 0.3 is 0 Å². The zero-order valence-corrected chi connectivity index (χ0v) is 8.35. The lowest BCUT2D eigenvalue weighted by atomic mass is 10.1. The summed E-state index contributed by atoms with van der Waals surface area (Å²) >= 11 is 1.53. The van der Waals surface area contributed by atoms with E-state index in [-0.39, 0.29) is 5.82 Å². The molecule has 0 aliphatic heterocycles. The molecule has 1 aromatic heterocycles. The van der Waals surface area contributed by atoms with Crippen molar-refractivity contribution in [1.82, 2.24) is 0 Å². The Bertz CT molecular complexity index is 423. The minimum Gasteiger partial charge on any atom is -0.326 e. The van der Waals surface area contributed by atoms with Gasteiger partial charge < -0.3 is 5.73 Å². The maximum absolute atomic E-state index is 13.6. The number of hydrogen-bond donors (Lipinski definition) is 1. The Morgan fingerprint density at radius 3 is 2.71 bits per heavy atom. The van der Waals surface area contributed by atoms with Crippen molar-refractivity contribution >= 4 is 11.3 Å². The zero-order chi connectivity index (χ0) is 9.97. The van der Waals surface area contributed by atoms with E-state index in [0.717, 1.165) is 10.4 Å². The molecule has 1 aromatic carbocycles. The monoisotopic (exact) mass is 207 g/mol. The van der Waals surface area contributed by atoms with Crippen LogP contribution in [0, 0.1) is 5.82 Å². The first kappa shape index (κ1) is 9.37. The van der Waals surface area contributed by atoms with Gasteiger partial charge in [-0.3, -0.25) is 0 Å². The van der Waals surface area contributed by atoms with Crippen LogP contribution in [0.25, 0.3) is 10.4 Å². The molecule has 0 radical (unpaired) electrons. The normalized spacial score (nSPS) is 10.4. The molecule has 0 unspecified atom stereocenters. The Morgan fingerprint density at radius 2 is 2.14 bits per heavy atom. The Hall–Kier alpha value is -1.19. The van der Waals surface area contributed by atoms with Gasteiger partial charge in [0.1, 0.15) is 5.82 Å². The third-order valence-corrected chi connectivity index (χ3v) is 2.96. The largest absolute Gasteiger partial charge is 0.326 e. The number of rotatable bonds is 2. The highest BCUT2D eigenvalue weighted by Crippen LogP contribution is 2.27. The van der Waals surface area contributed by atoms with Crippen molar-refractivity contribution in [2.45, 2.75) is 6.54 Å². The van der Waals surface area contributed by atoms with Crippen LogP contribution in [0.4, 0.5) is 4.39 Å². The first-order valence-electron chi connectivity index (χ1n) is 4.33. The molecule has 0 atom stereocenters. The van der Waals surface area contributed by atoms with Crippen LogP contribution >= 0.6 is 11.3 Å². The van der Waals surface area contributed by atoms with Gasteiger partial charge in [-0.1, -0.05) is 18.2 Å². The highest BCUT2D eigenvalue weighted by Gasteiger charge is 2.05. The van der Waals surface area contributed by atoms with Crippen molar-refractivity contribution in [2.75, 3.05) is 0 Å². The van der Waals surface area contributed by atoms with Gasteiger partial charge in [-0.15, -0.1) is 11.3 Å². The fraction of sp³-hybridized carbons (Fsp3) is 0.0909. The van der Waals surface area contributed by atoms with Gasteiger partial charge in [-0.25, -0.2) is 4.39 Å². The number of benzene rings is 1. The molecule has 1 heterocycles. The molecule has 0 amide bonds. The van der Waals surface area contributed by atoms with Gasteiger partial charge in [0.15, 0.2) is 0 Å². The summed E-state index contributed by atoms with van der Waals surface area (Å²) in [6, 6.07) is 8.96. The molecule has 72 valence electrons. The average Bonchev–Trinajstić information content (AvgIpc) is 2.70. The van der Waals surface area contributed by atoms with Gasteiger partial charge in [0.2, 0.25) is 0 Å². The van der Waals surface area contributed by atoms with Crippen LogP contribution < -0.4 is 5.73 Å². The van der Waals surface area contributed by atoms with E-state index in [4.69, 9.17) is 5.73 Å². The summed E-state index contributed by atoms with van der Waals surface area (Å²) in [4.78, 5) is 0.950. The van der Waals surface area contributed by atoms with Crippen LogP contribution in [-0.2, 0) is 6.54 Å². The molecule has 0 aliphatic rings. The van der Waals surface area contributed by atoms with Crippen molar-refractivity contribution in [1.29, 1.82) is 0 Å². The predicted octanol–water partition coefficient (Wildman–Crippen LogP) is 3.01. The van der Waals surface area contributed by atoms with Gasteiger partial charge in [0, 0.05) is 17.0 Å². The van der Waals surface area contributed by atoms with Crippen molar-refractivity contribution < 1.29 is 4.39 Å². The second-order valence-electron chi connectivity index (χ2n) is 3.00. The molecular formula is C11H10FNS. The Kier molecular flexibility index (Phi) is 2.61. The molecule has 0 bridgehead atoms. The summed E-state index contributed by atoms with van der Waals surface area (Å²) in [5.74, 6) is -0.199. The van der Waals surface area contributed by atoms with Crippen LogP contribution in [0.3, 0.4) is 0 Å². The summed E-state index contributed by atoms with van der Waals surface area (Å²) in [6.45, 7) is 0.377. The van der Waals surface area contributed by atoms with Gasteiger partial charge in [-0.05, 0) is 23.1 Å². The topological polar surface area (TPSA) is 26.0 Å². The van der Waals surface area contributed by atoms with E-state index in [2.05, 4.69) is 0 Å². The molecule has 14 heavy (non-hydrogen) atoms. The fourth-order valence-corrected chi connectivity index (χ4v) is 2.07. The minimum atomic E-state index is -0.199. The summed E-state index contributed by atoms with van der Waals surface area (Å²) in [6.07, 6.45) is 0.